The van der Waals surface area contributed by atoms with Crippen LogP contribution in [0.1, 0.15) is 28.3 Å². The topological polar surface area (TPSA) is 38.0 Å². The number of halogens is 2. The standard InChI is InChI=1S/C15H16BrFN2/c1-9-5-3-6-11(10(9)2)15(19-18)12-7-4-8-13(17)14(12)16/h3-8,15,19H,18H2,1-2H3. The number of aryl methyl sites for hydroxylation is 1. The van der Waals surface area contributed by atoms with Crippen LogP contribution in [-0.2, 0) is 0 Å². The maximum atomic E-state index is 13.7. The van der Waals surface area contributed by atoms with Gasteiger partial charge >= 0.3 is 0 Å². The number of nitrogens with one attached hydrogen (secondary N) is 1. The Bertz CT molecular complexity index is 547. The van der Waals surface area contributed by atoms with Gasteiger partial charge in [0.05, 0.1) is 10.5 Å². The van der Waals surface area contributed by atoms with Gasteiger partial charge in [0, 0.05) is 0 Å². The Labute approximate surface area is 120 Å². The van der Waals surface area contributed by atoms with Crippen LogP contribution >= 0.6 is 15.9 Å². The molecule has 0 saturated carbocycles. The first kappa shape index (κ1) is 14.2. The minimum atomic E-state index is -0.289. The Kier molecular flexibility index (Phi) is 4.34. The van der Waals surface area contributed by atoms with Gasteiger partial charge in [0.1, 0.15) is 5.82 Å². The van der Waals surface area contributed by atoms with E-state index in [0.717, 1.165) is 16.7 Å². The Hall–Kier alpha value is -1.23. The third kappa shape index (κ3) is 2.71. The molecule has 0 bridgehead atoms. The van der Waals surface area contributed by atoms with Crippen LogP contribution < -0.4 is 11.3 Å². The van der Waals surface area contributed by atoms with E-state index in [1.54, 1.807) is 6.07 Å². The average Bonchev–Trinajstić information content (AvgIpc) is 2.40. The Morgan fingerprint density at radius 3 is 2.42 bits per heavy atom. The van der Waals surface area contributed by atoms with E-state index in [4.69, 9.17) is 5.84 Å². The highest BCUT2D eigenvalue weighted by Crippen LogP contribution is 2.32. The van der Waals surface area contributed by atoms with Crippen molar-refractivity contribution in [1.29, 1.82) is 0 Å². The molecule has 1 atom stereocenters. The van der Waals surface area contributed by atoms with Gasteiger partial charge in [0.25, 0.3) is 0 Å². The van der Waals surface area contributed by atoms with Crippen molar-refractivity contribution in [2.24, 2.45) is 5.84 Å². The lowest BCUT2D eigenvalue weighted by molar-refractivity contribution is 0.596. The predicted molar refractivity (Wildman–Crippen MR) is 79.2 cm³/mol. The van der Waals surface area contributed by atoms with Crippen molar-refractivity contribution in [2.45, 2.75) is 19.9 Å². The van der Waals surface area contributed by atoms with Crippen molar-refractivity contribution in [1.82, 2.24) is 5.43 Å². The van der Waals surface area contributed by atoms with Crippen LogP contribution in [0.25, 0.3) is 0 Å². The minimum Gasteiger partial charge on any atom is -0.271 e. The SMILES string of the molecule is Cc1cccc(C(NN)c2cccc(F)c2Br)c1C. The van der Waals surface area contributed by atoms with Gasteiger partial charge < -0.3 is 0 Å². The van der Waals surface area contributed by atoms with E-state index < -0.39 is 0 Å². The summed E-state index contributed by atoms with van der Waals surface area (Å²) in [5.41, 5.74) is 6.95. The van der Waals surface area contributed by atoms with Gasteiger partial charge in [-0.25, -0.2) is 9.82 Å². The lowest BCUT2D eigenvalue weighted by Crippen LogP contribution is -2.30. The number of nitrogens with two attached hydrogens (primary N) is 1. The summed E-state index contributed by atoms with van der Waals surface area (Å²) >= 11 is 3.29. The van der Waals surface area contributed by atoms with Crippen molar-refractivity contribution in [2.75, 3.05) is 0 Å². The molecular weight excluding hydrogens is 307 g/mol. The van der Waals surface area contributed by atoms with E-state index >= 15 is 0 Å². The molecule has 0 spiro atoms. The second-order valence-corrected chi connectivity index (χ2v) is 5.32. The molecule has 3 N–H and O–H groups in total. The van der Waals surface area contributed by atoms with Crippen LogP contribution in [0.5, 0.6) is 0 Å². The number of rotatable bonds is 3. The summed E-state index contributed by atoms with van der Waals surface area (Å²) in [6.07, 6.45) is 0. The third-order valence-electron chi connectivity index (χ3n) is 3.42. The molecule has 2 rings (SSSR count). The van der Waals surface area contributed by atoms with E-state index in [2.05, 4.69) is 21.4 Å². The van der Waals surface area contributed by atoms with Crippen molar-refractivity contribution >= 4 is 15.9 Å². The van der Waals surface area contributed by atoms with Gasteiger partial charge in [-0.2, -0.15) is 0 Å². The number of hydrogen-bond donors (Lipinski definition) is 2. The molecule has 2 nitrogen and oxygen atoms in total. The predicted octanol–water partition coefficient (Wildman–Crippen LogP) is 3.76. The van der Waals surface area contributed by atoms with Crippen LogP contribution in [0.3, 0.4) is 0 Å². The summed E-state index contributed by atoms with van der Waals surface area (Å²) in [6.45, 7) is 4.09. The molecule has 0 aliphatic rings. The van der Waals surface area contributed by atoms with Gasteiger partial charge in [0.2, 0.25) is 0 Å². The van der Waals surface area contributed by atoms with E-state index in [1.165, 1.54) is 11.6 Å². The molecule has 0 aliphatic carbocycles. The molecule has 4 heteroatoms. The zero-order valence-corrected chi connectivity index (χ0v) is 12.5. The molecule has 0 radical (unpaired) electrons. The molecule has 1 unspecified atom stereocenters. The first-order valence-electron chi connectivity index (χ1n) is 6.02. The summed E-state index contributed by atoms with van der Waals surface area (Å²) in [5, 5.41) is 0. The van der Waals surface area contributed by atoms with Gasteiger partial charge in [-0.3, -0.25) is 5.84 Å². The average molecular weight is 323 g/mol. The van der Waals surface area contributed by atoms with Gasteiger partial charge in [-0.15, -0.1) is 0 Å². The highest BCUT2D eigenvalue weighted by Gasteiger charge is 2.19. The summed E-state index contributed by atoms with van der Waals surface area (Å²) in [5.74, 6) is 5.39. The monoisotopic (exact) mass is 322 g/mol. The number of benzene rings is 2. The molecular formula is C15H16BrFN2. The largest absolute Gasteiger partial charge is 0.271 e. The van der Waals surface area contributed by atoms with Crippen molar-refractivity contribution in [3.63, 3.8) is 0 Å². The first-order chi connectivity index (χ1) is 9.06. The first-order valence-corrected chi connectivity index (χ1v) is 6.81. The van der Waals surface area contributed by atoms with Gasteiger partial charge in [-0.1, -0.05) is 30.3 Å². The van der Waals surface area contributed by atoms with E-state index in [1.807, 2.05) is 38.1 Å². The number of hydrogen-bond acceptors (Lipinski definition) is 2. The fourth-order valence-corrected chi connectivity index (χ4v) is 2.67. The van der Waals surface area contributed by atoms with Gasteiger partial charge in [-0.05, 0) is 58.1 Å². The third-order valence-corrected chi connectivity index (χ3v) is 4.25. The molecule has 0 aromatic heterocycles. The van der Waals surface area contributed by atoms with E-state index in [-0.39, 0.29) is 11.9 Å². The molecule has 2 aromatic rings. The maximum Gasteiger partial charge on any atom is 0.137 e. The second kappa shape index (κ2) is 5.82. The number of hydrazine groups is 1. The smallest absolute Gasteiger partial charge is 0.137 e. The van der Waals surface area contributed by atoms with Gasteiger partial charge in [0.15, 0.2) is 0 Å². The molecule has 0 aliphatic heterocycles. The molecule has 19 heavy (non-hydrogen) atoms. The summed E-state index contributed by atoms with van der Waals surface area (Å²) in [7, 11) is 0. The molecule has 0 amide bonds. The zero-order valence-electron chi connectivity index (χ0n) is 10.9. The van der Waals surface area contributed by atoms with Crippen LogP contribution in [0, 0.1) is 19.7 Å². The molecule has 0 heterocycles. The fourth-order valence-electron chi connectivity index (χ4n) is 2.18. The molecule has 2 aromatic carbocycles. The summed E-state index contributed by atoms with van der Waals surface area (Å²) in [4.78, 5) is 0. The van der Waals surface area contributed by atoms with Crippen LogP contribution in [0.4, 0.5) is 4.39 Å². The van der Waals surface area contributed by atoms with Crippen LogP contribution in [0.15, 0.2) is 40.9 Å². The second-order valence-electron chi connectivity index (χ2n) is 4.53. The zero-order chi connectivity index (χ0) is 14.0. The highest BCUT2D eigenvalue weighted by atomic mass is 79.9. The Balaban J connectivity index is 2.57. The summed E-state index contributed by atoms with van der Waals surface area (Å²) < 4.78 is 14.1. The van der Waals surface area contributed by atoms with Crippen LogP contribution in [0.2, 0.25) is 0 Å². The van der Waals surface area contributed by atoms with E-state index in [9.17, 15) is 4.39 Å². The lowest BCUT2D eigenvalue weighted by atomic mass is 9.93. The van der Waals surface area contributed by atoms with Crippen molar-refractivity contribution in [3.8, 4) is 0 Å². The van der Waals surface area contributed by atoms with Crippen molar-refractivity contribution in [3.05, 3.63) is 68.9 Å². The fraction of sp³-hybridized carbons (Fsp3) is 0.200. The minimum absolute atomic E-state index is 0.245. The summed E-state index contributed by atoms with van der Waals surface area (Å²) in [6, 6.07) is 10.8. The highest BCUT2D eigenvalue weighted by molar-refractivity contribution is 9.10. The molecule has 100 valence electrons. The lowest BCUT2D eigenvalue weighted by Gasteiger charge is -2.21. The van der Waals surface area contributed by atoms with E-state index in [0.29, 0.717) is 4.47 Å². The van der Waals surface area contributed by atoms with Crippen LogP contribution in [-0.4, -0.2) is 0 Å². The Morgan fingerprint density at radius 1 is 1.11 bits per heavy atom. The molecule has 0 saturated heterocycles. The molecule has 0 fully saturated rings. The maximum absolute atomic E-state index is 13.7. The van der Waals surface area contributed by atoms with Crippen molar-refractivity contribution < 1.29 is 4.39 Å². The Morgan fingerprint density at radius 2 is 1.74 bits per heavy atom. The quantitative estimate of drug-likeness (QED) is 0.667. The normalized spacial score (nSPS) is 12.5.